The fourth-order valence-electron chi connectivity index (χ4n) is 4.57. The number of hydrogen-bond donors (Lipinski definition) is 0. The van der Waals surface area contributed by atoms with Crippen molar-refractivity contribution in [3.8, 4) is 0 Å². The summed E-state index contributed by atoms with van der Waals surface area (Å²) >= 11 is 0. The van der Waals surface area contributed by atoms with Gasteiger partial charge in [0, 0.05) is 13.5 Å². The van der Waals surface area contributed by atoms with Gasteiger partial charge in [-0.3, -0.25) is 9.59 Å². The van der Waals surface area contributed by atoms with Crippen LogP contribution in [0.3, 0.4) is 0 Å². The van der Waals surface area contributed by atoms with Crippen LogP contribution in [0.5, 0.6) is 0 Å². The summed E-state index contributed by atoms with van der Waals surface area (Å²) in [6.45, 7) is 2.59. The third kappa shape index (κ3) is 4.30. The second-order valence-corrected chi connectivity index (χ2v) is 8.90. The van der Waals surface area contributed by atoms with E-state index in [4.69, 9.17) is 23.7 Å². The molecule has 7 atom stereocenters. The predicted molar refractivity (Wildman–Crippen MR) is 93.9 cm³/mol. The fraction of sp³-hybridized carbons (Fsp3) is 0.900. The van der Waals surface area contributed by atoms with Crippen LogP contribution in [0.1, 0.15) is 45.4 Å². The Bertz CT molecular complexity index is 570. The molecule has 7 heteroatoms. The van der Waals surface area contributed by atoms with E-state index in [1.54, 1.807) is 7.11 Å². The molecule has 0 aromatic carbocycles. The minimum absolute atomic E-state index is 0.0162. The molecule has 27 heavy (non-hydrogen) atoms. The molecule has 0 aromatic heterocycles. The molecule has 5 rings (SSSR count). The number of hydrogen-bond acceptors (Lipinski definition) is 7. The Morgan fingerprint density at radius 3 is 2.26 bits per heavy atom. The summed E-state index contributed by atoms with van der Waals surface area (Å²) in [6.07, 6.45) is 6.18. The molecule has 2 bridgehead atoms. The fourth-order valence-corrected chi connectivity index (χ4v) is 4.57. The molecule has 2 saturated carbocycles. The molecule has 0 radical (unpaired) electrons. The number of carbonyl (C=O) groups excluding carboxylic acids is 2. The Balaban J connectivity index is 1.24. The molecule has 0 aromatic rings. The van der Waals surface area contributed by atoms with E-state index in [1.165, 1.54) is 0 Å². The third-order valence-corrected chi connectivity index (χ3v) is 6.37. The number of methoxy groups -OCH3 is 1. The number of fused-ring (bicyclic) bond motifs is 3. The van der Waals surface area contributed by atoms with Crippen molar-refractivity contribution in [2.24, 2.45) is 17.3 Å². The maximum atomic E-state index is 12.4. The number of ether oxygens (including phenoxy) is 5. The van der Waals surface area contributed by atoms with Crippen molar-refractivity contribution in [3.63, 3.8) is 0 Å². The normalized spacial score (nSPS) is 38.7. The predicted octanol–water partition coefficient (Wildman–Crippen LogP) is 1.86. The first-order chi connectivity index (χ1) is 13.0. The second-order valence-electron chi connectivity index (χ2n) is 8.90. The van der Waals surface area contributed by atoms with Gasteiger partial charge in [0.05, 0.1) is 48.3 Å². The number of carbonyl (C=O) groups is 2. The summed E-state index contributed by atoms with van der Waals surface area (Å²) in [4.78, 5) is 24.8. The first-order valence-corrected chi connectivity index (χ1v) is 10.1. The maximum absolute atomic E-state index is 12.4. The van der Waals surface area contributed by atoms with Gasteiger partial charge in [-0.05, 0) is 32.1 Å². The molecule has 0 spiro atoms. The Morgan fingerprint density at radius 1 is 0.889 bits per heavy atom. The molecule has 5 fully saturated rings. The highest BCUT2D eigenvalue weighted by Crippen LogP contribution is 2.41. The SMILES string of the molecule is COCC(C)(COC(=O)C1CCC2OC2C1)COC(=O)C1CCC2CC1O2. The molecule has 3 heterocycles. The zero-order chi connectivity index (χ0) is 19.0. The van der Waals surface area contributed by atoms with Crippen LogP contribution in [0.15, 0.2) is 0 Å². The smallest absolute Gasteiger partial charge is 0.311 e. The van der Waals surface area contributed by atoms with Crippen LogP contribution >= 0.6 is 0 Å². The minimum atomic E-state index is -0.564. The molecule has 5 aliphatic rings. The van der Waals surface area contributed by atoms with Crippen LogP contribution in [-0.2, 0) is 33.3 Å². The van der Waals surface area contributed by atoms with E-state index < -0.39 is 5.41 Å². The van der Waals surface area contributed by atoms with E-state index in [0.717, 1.165) is 38.5 Å². The van der Waals surface area contributed by atoms with Crippen LogP contribution in [0.2, 0.25) is 0 Å². The van der Waals surface area contributed by atoms with Gasteiger partial charge in [-0.25, -0.2) is 0 Å². The largest absolute Gasteiger partial charge is 0.465 e. The molecule has 7 unspecified atom stereocenters. The Kier molecular flexibility index (Phi) is 5.45. The molecule has 0 amide bonds. The molecule has 3 saturated heterocycles. The van der Waals surface area contributed by atoms with Gasteiger partial charge < -0.3 is 23.7 Å². The van der Waals surface area contributed by atoms with Gasteiger partial charge in [0.1, 0.15) is 13.2 Å². The highest BCUT2D eigenvalue weighted by atomic mass is 16.6. The average molecular weight is 382 g/mol. The number of esters is 2. The van der Waals surface area contributed by atoms with Crippen LogP contribution in [-0.4, -0.2) is 63.3 Å². The zero-order valence-electron chi connectivity index (χ0n) is 16.2. The molecule has 0 N–H and O–H groups in total. The van der Waals surface area contributed by atoms with E-state index in [1.807, 2.05) is 6.92 Å². The average Bonchev–Trinajstić information content (AvgIpc) is 3.43. The monoisotopic (exact) mass is 382 g/mol. The highest BCUT2D eigenvalue weighted by Gasteiger charge is 2.47. The van der Waals surface area contributed by atoms with Gasteiger partial charge in [0.2, 0.25) is 0 Å². The van der Waals surface area contributed by atoms with Crippen molar-refractivity contribution in [1.82, 2.24) is 0 Å². The van der Waals surface area contributed by atoms with E-state index in [9.17, 15) is 9.59 Å². The molecule has 3 aliphatic heterocycles. The van der Waals surface area contributed by atoms with E-state index in [-0.39, 0.29) is 49.2 Å². The van der Waals surface area contributed by atoms with Gasteiger partial charge in [0.25, 0.3) is 0 Å². The van der Waals surface area contributed by atoms with Gasteiger partial charge in [-0.15, -0.1) is 0 Å². The first kappa shape index (κ1) is 19.2. The highest BCUT2D eigenvalue weighted by molar-refractivity contribution is 5.74. The van der Waals surface area contributed by atoms with Crippen molar-refractivity contribution < 1.29 is 33.3 Å². The van der Waals surface area contributed by atoms with Crippen LogP contribution in [0, 0.1) is 17.3 Å². The van der Waals surface area contributed by atoms with Gasteiger partial charge in [-0.1, -0.05) is 6.92 Å². The quantitative estimate of drug-likeness (QED) is 0.468. The van der Waals surface area contributed by atoms with Gasteiger partial charge >= 0.3 is 11.9 Å². The summed E-state index contributed by atoms with van der Waals surface area (Å²) in [7, 11) is 1.59. The molecule has 152 valence electrons. The van der Waals surface area contributed by atoms with Gasteiger partial charge in [-0.2, -0.15) is 0 Å². The number of rotatable bonds is 8. The third-order valence-electron chi connectivity index (χ3n) is 6.37. The van der Waals surface area contributed by atoms with E-state index >= 15 is 0 Å². The summed E-state index contributed by atoms with van der Waals surface area (Å²) in [5, 5.41) is 0. The lowest BCUT2D eigenvalue weighted by Gasteiger charge is -2.45. The van der Waals surface area contributed by atoms with Crippen LogP contribution in [0.4, 0.5) is 0 Å². The van der Waals surface area contributed by atoms with Crippen molar-refractivity contribution in [1.29, 1.82) is 0 Å². The summed E-state index contributed by atoms with van der Waals surface area (Å²) < 4.78 is 27.6. The van der Waals surface area contributed by atoms with Crippen molar-refractivity contribution in [2.75, 3.05) is 26.9 Å². The summed E-state index contributed by atoms with van der Waals surface area (Å²) in [6, 6.07) is 0. The lowest BCUT2D eigenvalue weighted by molar-refractivity contribution is -0.203. The van der Waals surface area contributed by atoms with Crippen molar-refractivity contribution in [2.45, 2.75) is 69.9 Å². The maximum Gasteiger partial charge on any atom is 0.311 e. The minimum Gasteiger partial charge on any atom is -0.465 e. The lowest BCUT2D eigenvalue weighted by Crippen LogP contribution is -2.51. The Hall–Kier alpha value is -1.18. The van der Waals surface area contributed by atoms with E-state index in [0.29, 0.717) is 18.8 Å². The Labute approximate surface area is 160 Å². The topological polar surface area (TPSA) is 83.6 Å². The standard InChI is InChI=1S/C20H30O7/c1-20(9-23-2,10-24-18(21)12-3-6-15-17(7-12)27-15)11-25-19(22)14-5-4-13-8-16(14)26-13/h12-17H,3-11H2,1-2H3. The van der Waals surface area contributed by atoms with E-state index in [2.05, 4.69) is 0 Å². The zero-order valence-corrected chi connectivity index (χ0v) is 16.2. The van der Waals surface area contributed by atoms with Crippen LogP contribution in [0.25, 0.3) is 0 Å². The second kappa shape index (κ2) is 7.68. The first-order valence-electron chi connectivity index (χ1n) is 10.1. The lowest BCUT2D eigenvalue weighted by atomic mass is 9.80. The number of epoxide rings is 1. The van der Waals surface area contributed by atoms with Crippen molar-refractivity contribution in [3.05, 3.63) is 0 Å². The summed E-state index contributed by atoms with van der Waals surface area (Å²) in [5.41, 5.74) is -0.564. The summed E-state index contributed by atoms with van der Waals surface area (Å²) in [5.74, 6) is -0.651. The molecule has 7 nitrogen and oxygen atoms in total. The Morgan fingerprint density at radius 2 is 1.63 bits per heavy atom. The van der Waals surface area contributed by atoms with Crippen molar-refractivity contribution >= 4 is 11.9 Å². The van der Waals surface area contributed by atoms with Gasteiger partial charge in [0.15, 0.2) is 0 Å². The molecular weight excluding hydrogens is 352 g/mol. The molecule has 2 aliphatic carbocycles. The van der Waals surface area contributed by atoms with Crippen LogP contribution < -0.4 is 0 Å². The molecular formula is C20H30O7.